The number of rotatable bonds is 3. The third-order valence-electron chi connectivity index (χ3n) is 1.70. The lowest BCUT2D eigenvalue weighted by molar-refractivity contribution is -0.116. The third kappa shape index (κ3) is 2.65. The highest BCUT2D eigenvalue weighted by Gasteiger charge is 2.19. The molecule has 0 aliphatic carbocycles. The Hall–Kier alpha value is -1.65. The van der Waals surface area contributed by atoms with E-state index in [0.717, 1.165) is 6.92 Å². The second kappa shape index (κ2) is 4.25. The lowest BCUT2D eigenvalue weighted by Gasteiger charge is -2.02. The van der Waals surface area contributed by atoms with Gasteiger partial charge in [0.2, 0.25) is 0 Å². The van der Waals surface area contributed by atoms with E-state index in [9.17, 15) is 22.8 Å². The molecule has 0 saturated heterocycles. The zero-order valence-electron chi connectivity index (χ0n) is 7.81. The molecule has 0 N–H and O–H groups in total. The summed E-state index contributed by atoms with van der Waals surface area (Å²) in [5.41, 5.74) is -0.869. The van der Waals surface area contributed by atoms with Crippen LogP contribution in [0.15, 0.2) is 12.1 Å². The van der Waals surface area contributed by atoms with E-state index in [0.29, 0.717) is 12.1 Å². The summed E-state index contributed by atoms with van der Waals surface area (Å²) in [6.07, 6.45) is -0.598. The van der Waals surface area contributed by atoms with E-state index < -0.39 is 41.0 Å². The van der Waals surface area contributed by atoms with Crippen LogP contribution in [0.5, 0.6) is 0 Å². The van der Waals surface area contributed by atoms with Gasteiger partial charge >= 0.3 is 0 Å². The van der Waals surface area contributed by atoms with Gasteiger partial charge in [0.25, 0.3) is 0 Å². The van der Waals surface area contributed by atoms with Gasteiger partial charge in [-0.3, -0.25) is 9.59 Å². The Morgan fingerprint density at radius 1 is 1.13 bits per heavy atom. The fourth-order valence-corrected chi connectivity index (χ4v) is 1.12. The van der Waals surface area contributed by atoms with Gasteiger partial charge in [-0.15, -0.1) is 0 Å². The van der Waals surface area contributed by atoms with Crippen LogP contribution in [-0.2, 0) is 4.79 Å². The Bertz CT molecular complexity index is 404. The number of ketones is 2. The van der Waals surface area contributed by atoms with Crippen LogP contribution in [0.25, 0.3) is 0 Å². The predicted octanol–water partition coefficient (Wildman–Crippen LogP) is 2.27. The fourth-order valence-electron chi connectivity index (χ4n) is 1.12. The maximum atomic E-state index is 13.0. The van der Waals surface area contributed by atoms with Gasteiger partial charge in [-0.1, -0.05) is 0 Å². The van der Waals surface area contributed by atoms with Crippen LogP contribution in [0, 0.1) is 17.5 Å². The van der Waals surface area contributed by atoms with Crippen LogP contribution in [-0.4, -0.2) is 11.6 Å². The lowest BCUT2D eigenvalue weighted by atomic mass is 10.1. The summed E-state index contributed by atoms with van der Waals surface area (Å²) < 4.78 is 38.5. The van der Waals surface area contributed by atoms with Gasteiger partial charge in [0.15, 0.2) is 5.78 Å². The molecular formula is C10H7F3O2. The molecule has 0 atom stereocenters. The van der Waals surface area contributed by atoms with E-state index in [-0.39, 0.29) is 0 Å². The van der Waals surface area contributed by atoms with Gasteiger partial charge in [0.05, 0.1) is 12.0 Å². The van der Waals surface area contributed by atoms with E-state index in [2.05, 4.69) is 0 Å². The van der Waals surface area contributed by atoms with Gasteiger partial charge in [-0.2, -0.15) is 0 Å². The van der Waals surface area contributed by atoms with Crippen molar-refractivity contribution in [1.82, 2.24) is 0 Å². The van der Waals surface area contributed by atoms with Crippen LogP contribution < -0.4 is 0 Å². The summed E-state index contributed by atoms with van der Waals surface area (Å²) in [5.74, 6) is -5.19. The molecule has 2 nitrogen and oxygen atoms in total. The zero-order valence-corrected chi connectivity index (χ0v) is 7.81. The normalized spacial score (nSPS) is 10.1. The molecule has 0 spiro atoms. The molecule has 0 aliphatic heterocycles. The molecule has 0 unspecified atom stereocenters. The molecule has 1 aromatic carbocycles. The first-order valence-corrected chi connectivity index (χ1v) is 4.09. The fraction of sp³-hybridized carbons (Fsp3) is 0.200. The standard InChI is InChI=1S/C10H7F3O2/c1-5(14)2-9(15)10-7(12)3-6(11)4-8(10)13/h3-4H,2H2,1H3. The highest BCUT2D eigenvalue weighted by Crippen LogP contribution is 2.16. The van der Waals surface area contributed by atoms with Crippen molar-refractivity contribution in [3.63, 3.8) is 0 Å². The number of carbonyl (C=O) groups is 2. The smallest absolute Gasteiger partial charge is 0.176 e. The molecule has 0 aliphatic rings. The van der Waals surface area contributed by atoms with Crippen LogP contribution in [0.2, 0.25) is 0 Å². The maximum Gasteiger partial charge on any atom is 0.176 e. The van der Waals surface area contributed by atoms with Crippen molar-refractivity contribution in [3.05, 3.63) is 35.1 Å². The molecule has 1 rings (SSSR count). The number of Topliss-reactive ketones (excluding diaryl/α,β-unsaturated/α-hetero) is 2. The monoisotopic (exact) mass is 216 g/mol. The van der Waals surface area contributed by atoms with Crippen molar-refractivity contribution in [2.45, 2.75) is 13.3 Å². The molecule has 0 amide bonds. The van der Waals surface area contributed by atoms with Gasteiger partial charge in [0.1, 0.15) is 23.2 Å². The van der Waals surface area contributed by atoms with Crippen molar-refractivity contribution < 1.29 is 22.8 Å². The Labute approximate surface area is 83.7 Å². The second-order valence-electron chi connectivity index (χ2n) is 3.05. The molecule has 5 heteroatoms. The van der Waals surface area contributed by atoms with Crippen LogP contribution in [0.3, 0.4) is 0 Å². The first-order chi connectivity index (χ1) is 6.91. The topological polar surface area (TPSA) is 34.1 Å². The van der Waals surface area contributed by atoms with Crippen LogP contribution in [0.1, 0.15) is 23.7 Å². The summed E-state index contributed by atoms with van der Waals surface area (Å²) in [6.45, 7) is 1.12. The van der Waals surface area contributed by atoms with Crippen molar-refractivity contribution in [1.29, 1.82) is 0 Å². The minimum Gasteiger partial charge on any atom is -0.300 e. The summed E-state index contributed by atoms with van der Waals surface area (Å²) >= 11 is 0. The molecule has 0 fully saturated rings. The van der Waals surface area contributed by atoms with E-state index in [4.69, 9.17) is 0 Å². The number of benzene rings is 1. The molecular weight excluding hydrogens is 209 g/mol. The van der Waals surface area contributed by atoms with Crippen molar-refractivity contribution in [3.8, 4) is 0 Å². The molecule has 0 aromatic heterocycles. The number of hydrogen-bond acceptors (Lipinski definition) is 2. The van der Waals surface area contributed by atoms with Gasteiger partial charge in [0, 0.05) is 12.1 Å². The Morgan fingerprint density at radius 2 is 1.60 bits per heavy atom. The third-order valence-corrected chi connectivity index (χ3v) is 1.70. The molecule has 0 bridgehead atoms. The van der Waals surface area contributed by atoms with Crippen molar-refractivity contribution in [2.24, 2.45) is 0 Å². The Kier molecular flexibility index (Phi) is 3.24. The predicted molar refractivity (Wildman–Crippen MR) is 45.9 cm³/mol. The molecule has 0 saturated carbocycles. The van der Waals surface area contributed by atoms with E-state index in [1.165, 1.54) is 0 Å². The van der Waals surface area contributed by atoms with Gasteiger partial charge in [-0.05, 0) is 6.92 Å². The summed E-state index contributed by atoms with van der Waals surface area (Å²) in [7, 11) is 0. The summed E-state index contributed by atoms with van der Waals surface area (Å²) in [6, 6.07) is 0.799. The van der Waals surface area contributed by atoms with Crippen LogP contribution >= 0.6 is 0 Å². The average Bonchev–Trinajstić information content (AvgIpc) is 1.99. The number of hydrogen-bond donors (Lipinski definition) is 0. The van der Waals surface area contributed by atoms with E-state index in [1.54, 1.807) is 0 Å². The maximum absolute atomic E-state index is 13.0. The molecule has 0 radical (unpaired) electrons. The van der Waals surface area contributed by atoms with Gasteiger partial charge in [-0.25, -0.2) is 13.2 Å². The first-order valence-electron chi connectivity index (χ1n) is 4.09. The zero-order chi connectivity index (χ0) is 11.6. The van der Waals surface area contributed by atoms with Crippen molar-refractivity contribution >= 4 is 11.6 Å². The van der Waals surface area contributed by atoms with E-state index >= 15 is 0 Å². The molecule has 80 valence electrons. The first kappa shape index (κ1) is 11.4. The Morgan fingerprint density at radius 3 is 2.00 bits per heavy atom. The molecule has 0 heterocycles. The SMILES string of the molecule is CC(=O)CC(=O)c1c(F)cc(F)cc1F. The lowest BCUT2D eigenvalue weighted by Crippen LogP contribution is -2.10. The highest BCUT2D eigenvalue weighted by molar-refractivity contribution is 6.07. The second-order valence-corrected chi connectivity index (χ2v) is 3.05. The number of halogens is 3. The highest BCUT2D eigenvalue weighted by atomic mass is 19.1. The van der Waals surface area contributed by atoms with Crippen molar-refractivity contribution in [2.75, 3.05) is 0 Å². The van der Waals surface area contributed by atoms with Gasteiger partial charge < -0.3 is 0 Å². The molecule has 15 heavy (non-hydrogen) atoms. The largest absolute Gasteiger partial charge is 0.300 e. The van der Waals surface area contributed by atoms with E-state index in [1.807, 2.05) is 0 Å². The van der Waals surface area contributed by atoms with Crippen LogP contribution in [0.4, 0.5) is 13.2 Å². The number of carbonyl (C=O) groups excluding carboxylic acids is 2. The minimum atomic E-state index is -1.29. The Balaban J connectivity index is 3.14. The quantitative estimate of drug-likeness (QED) is 0.573. The average molecular weight is 216 g/mol. The minimum absolute atomic E-state index is 0.399. The summed E-state index contributed by atoms with van der Waals surface area (Å²) in [5, 5.41) is 0. The molecule has 1 aromatic rings. The summed E-state index contributed by atoms with van der Waals surface area (Å²) in [4.78, 5) is 21.8.